The SMILES string of the molecule is C[C@@H]1O[C@H](Oc2cc(O)c3c(=O)c(O[C@@H]4O[C@@H](C)[C@@H](O)[C@@H](O[C@H]5O[C@H](COC(=O)C=Cc6ccc(O)cc6)[C@@H](O)[C@H](O)[C@H]5O)[C@H]4O[C@H]4O[C@H](COC(=O)C=Cc5ccc(O)cc5)[C@@H](O)[C@H](O)[C@H]4O)c(-c4ccc(O)cc4)oc3c2)[C@H](O)[C@H](O)[C@H]1O. The number of fused-ring (bicyclic) bond motifs is 1. The Balaban J connectivity index is 1.05. The van der Waals surface area contributed by atoms with Gasteiger partial charge in [-0.25, -0.2) is 9.59 Å². The molecule has 0 saturated carbocycles. The van der Waals surface area contributed by atoms with Gasteiger partial charge in [0.1, 0.15) is 132 Å². The van der Waals surface area contributed by atoms with Crippen LogP contribution in [0.3, 0.4) is 0 Å². The van der Waals surface area contributed by atoms with Gasteiger partial charge in [0, 0.05) is 29.8 Å². The summed E-state index contributed by atoms with van der Waals surface area (Å²) in [5.74, 6) is -4.59. The Morgan fingerprint density at radius 1 is 0.494 bits per heavy atom. The van der Waals surface area contributed by atoms with Gasteiger partial charge in [-0.05, 0) is 85.7 Å². The highest BCUT2D eigenvalue weighted by Crippen LogP contribution is 2.41. The smallest absolute Gasteiger partial charge is 0.330 e. The molecule has 28 heteroatoms. The Morgan fingerprint density at radius 2 is 0.941 bits per heavy atom. The number of esters is 2. The van der Waals surface area contributed by atoms with Crippen molar-refractivity contribution >= 4 is 35.1 Å². The zero-order valence-electron chi connectivity index (χ0n) is 44.8. The van der Waals surface area contributed by atoms with E-state index in [0.29, 0.717) is 11.1 Å². The van der Waals surface area contributed by atoms with E-state index in [9.17, 15) is 85.9 Å². The highest BCUT2D eigenvalue weighted by atomic mass is 16.8. The number of benzene rings is 4. The Morgan fingerprint density at radius 3 is 1.46 bits per heavy atom. The first-order valence-corrected chi connectivity index (χ1v) is 26.4. The first kappa shape index (κ1) is 62.2. The van der Waals surface area contributed by atoms with E-state index in [4.69, 9.17) is 51.8 Å². The number of aliphatic hydroxyl groups excluding tert-OH is 10. The van der Waals surface area contributed by atoms with Gasteiger partial charge < -0.3 is 123 Å². The Labute approximate surface area is 480 Å². The lowest BCUT2D eigenvalue weighted by Gasteiger charge is -2.48. The molecule has 4 fully saturated rings. The maximum atomic E-state index is 14.9. The van der Waals surface area contributed by atoms with Crippen LogP contribution >= 0.6 is 0 Å². The number of phenolic OH excluding ortho intramolecular Hbond substituents is 4. The number of rotatable bonds is 17. The summed E-state index contributed by atoms with van der Waals surface area (Å²) in [6.07, 6.45) is -32.7. The van der Waals surface area contributed by atoms with Crippen LogP contribution in [-0.4, -0.2) is 219 Å². The van der Waals surface area contributed by atoms with Gasteiger partial charge in [-0.3, -0.25) is 4.79 Å². The van der Waals surface area contributed by atoms with Gasteiger partial charge in [-0.2, -0.15) is 0 Å². The van der Waals surface area contributed by atoms with Gasteiger partial charge in [0.2, 0.25) is 23.8 Å². The molecule has 1 aromatic heterocycles. The second-order valence-electron chi connectivity index (χ2n) is 20.4. The lowest BCUT2D eigenvalue weighted by Crippen LogP contribution is -2.67. The summed E-state index contributed by atoms with van der Waals surface area (Å²) >= 11 is 0. The third-order valence-corrected chi connectivity index (χ3v) is 14.4. The van der Waals surface area contributed by atoms with Crippen LogP contribution in [-0.2, 0) is 47.5 Å². The van der Waals surface area contributed by atoms with Gasteiger partial charge in [-0.15, -0.1) is 0 Å². The first-order valence-electron chi connectivity index (χ1n) is 26.4. The number of aromatic hydroxyl groups is 4. The second-order valence-corrected chi connectivity index (χ2v) is 20.4. The number of phenols is 4. The van der Waals surface area contributed by atoms with E-state index in [2.05, 4.69) is 0 Å². The molecule has 0 amide bonds. The minimum atomic E-state index is -2.21. The molecule has 4 aromatic carbocycles. The van der Waals surface area contributed by atoms with Crippen LogP contribution in [0.2, 0.25) is 0 Å². The van der Waals surface area contributed by atoms with Crippen molar-refractivity contribution in [3.05, 3.63) is 118 Å². The summed E-state index contributed by atoms with van der Waals surface area (Å²) in [6.45, 7) is 1.12. The van der Waals surface area contributed by atoms with Gasteiger partial charge in [0.05, 0.1) is 12.2 Å². The quantitative estimate of drug-likeness (QED) is 0.0387. The van der Waals surface area contributed by atoms with E-state index in [-0.39, 0.29) is 28.6 Å². The van der Waals surface area contributed by atoms with Crippen LogP contribution in [0, 0.1) is 0 Å². The van der Waals surface area contributed by atoms with Crippen LogP contribution in [0.5, 0.6) is 34.5 Å². The normalized spacial score (nSPS) is 33.4. The monoisotopic (exact) mass is 1190 g/mol. The molecule has 9 rings (SSSR count). The number of hydrogen-bond acceptors (Lipinski definition) is 28. The summed E-state index contributed by atoms with van der Waals surface area (Å²) in [6, 6.07) is 18.5. The molecule has 5 aromatic rings. The maximum Gasteiger partial charge on any atom is 0.330 e. The van der Waals surface area contributed by atoms with E-state index in [1.54, 1.807) is 0 Å². The fourth-order valence-electron chi connectivity index (χ4n) is 9.54. The summed E-state index contributed by atoms with van der Waals surface area (Å²) in [4.78, 5) is 40.6. The van der Waals surface area contributed by atoms with E-state index in [1.807, 2.05) is 0 Å². The molecule has 0 bridgehead atoms. The molecule has 0 unspecified atom stereocenters. The summed E-state index contributed by atoms with van der Waals surface area (Å²) in [5.41, 5.74) is -0.560. The van der Waals surface area contributed by atoms with Crippen LogP contribution in [0.1, 0.15) is 25.0 Å². The molecular weight excluding hydrogens is 1130 g/mol. The van der Waals surface area contributed by atoms with E-state index < -0.39 is 182 Å². The second kappa shape index (κ2) is 26.5. The topological polar surface area (TPSA) is 440 Å². The zero-order valence-corrected chi connectivity index (χ0v) is 44.8. The van der Waals surface area contributed by atoms with Crippen molar-refractivity contribution in [2.24, 2.45) is 0 Å². The fraction of sp³-hybridized carbons (Fsp3) is 0.421. The highest BCUT2D eigenvalue weighted by Gasteiger charge is 2.55. The number of aliphatic hydroxyl groups is 10. The maximum absolute atomic E-state index is 14.9. The lowest BCUT2D eigenvalue weighted by molar-refractivity contribution is -0.382. The summed E-state index contributed by atoms with van der Waals surface area (Å²) in [5, 5.41) is 151. The van der Waals surface area contributed by atoms with Crippen molar-refractivity contribution in [1.82, 2.24) is 0 Å². The van der Waals surface area contributed by atoms with Crippen molar-refractivity contribution in [2.75, 3.05) is 13.2 Å². The van der Waals surface area contributed by atoms with Crippen molar-refractivity contribution < 1.29 is 133 Å². The molecule has 14 N–H and O–H groups in total. The largest absolute Gasteiger partial charge is 0.508 e. The minimum Gasteiger partial charge on any atom is -0.508 e. The standard InChI is InChI=1S/C57H62O28/c1-23-39(64)44(69)47(72)54(77-23)79-31-19-32(61)38-33(20-31)80-50(27-9-15-30(60)16-10-27)52(43(38)68)84-57-53(85-56-49(74)46(71)42(67)35(82-56)22-76-37(63)18-8-26-5-13-29(59)14-6-26)51(40(65)24(2)78-57)83-55-48(73)45(70)41(66)34(81-55)21-75-36(62)17-7-25-3-11-28(58)12-4-25/h3-20,23-24,34-35,39-42,44-49,51,53-61,64-67,69-74H,21-22H2,1-2H3/t23-,24-,34+,35+,39-,40+,41+,42+,44+,45-,46-,47+,48+,49+,51+,53+,54+,55+,56+,57-/m0/s1. The first-order chi connectivity index (χ1) is 40.4. The van der Waals surface area contributed by atoms with Gasteiger partial charge in [-0.1, -0.05) is 24.3 Å². The van der Waals surface area contributed by atoms with Crippen molar-refractivity contribution in [2.45, 2.75) is 137 Å². The average Bonchev–Trinajstić information content (AvgIpc) is 3.19. The fourth-order valence-corrected chi connectivity index (χ4v) is 9.54. The average molecular weight is 1200 g/mol. The third kappa shape index (κ3) is 14.0. The molecule has 85 heavy (non-hydrogen) atoms. The lowest BCUT2D eigenvalue weighted by atomic mass is 9.96. The molecule has 458 valence electrons. The van der Waals surface area contributed by atoms with Crippen molar-refractivity contribution in [3.8, 4) is 45.8 Å². The van der Waals surface area contributed by atoms with Crippen molar-refractivity contribution in [3.63, 3.8) is 0 Å². The molecule has 20 atom stereocenters. The van der Waals surface area contributed by atoms with Gasteiger partial charge >= 0.3 is 11.9 Å². The van der Waals surface area contributed by atoms with Gasteiger partial charge in [0.25, 0.3) is 0 Å². The minimum absolute atomic E-state index is 0.0102. The molecule has 4 aliphatic heterocycles. The van der Waals surface area contributed by atoms with Crippen LogP contribution in [0.15, 0.2) is 106 Å². The Hall–Kier alpha value is -7.33. The van der Waals surface area contributed by atoms with Crippen LogP contribution < -0.4 is 14.9 Å². The Bertz CT molecular complexity index is 3230. The van der Waals surface area contributed by atoms with Crippen LogP contribution in [0.4, 0.5) is 0 Å². The summed E-state index contributed by atoms with van der Waals surface area (Å²) < 4.78 is 64.8. The van der Waals surface area contributed by atoms with E-state index in [0.717, 1.165) is 24.3 Å². The number of carbonyl (C=O) groups excluding carboxylic acids is 2. The Kier molecular flexibility index (Phi) is 19.4. The third-order valence-electron chi connectivity index (χ3n) is 14.4. The molecular formula is C57H62O28. The molecule has 4 aliphatic rings. The van der Waals surface area contributed by atoms with E-state index >= 15 is 0 Å². The van der Waals surface area contributed by atoms with Crippen molar-refractivity contribution in [1.29, 1.82) is 0 Å². The predicted octanol–water partition coefficient (Wildman–Crippen LogP) is -1.13. The molecule has 0 spiro atoms. The predicted molar refractivity (Wildman–Crippen MR) is 285 cm³/mol. The number of ether oxygens (including phenoxy) is 10. The summed E-state index contributed by atoms with van der Waals surface area (Å²) in [7, 11) is 0. The number of hydrogen-bond donors (Lipinski definition) is 14. The molecule has 5 heterocycles. The van der Waals surface area contributed by atoms with Crippen LogP contribution in [0.25, 0.3) is 34.4 Å². The van der Waals surface area contributed by atoms with E-state index in [1.165, 1.54) is 98.8 Å². The molecule has 0 aliphatic carbocycles. The zero-order chi connectivity index (χ0) is 61.1. The molecule has 28 nitrogen and oxygen atoms in total. The molecule has 4 saturated heterocycles. The molecule has 0 radical (unpaired) electrons. The van der Waals surface area contributed by atoms with Gasteiger partial charge in [0.15, 0.2) is 24.4 Å². The highest BCUT2D eigenvalue weighted by molar-refractivity contribution is 5.89. The number of carbonyl (C=O) groups is 2.